The molecular formula is C15H15F2N3O3S. The third kappa shape index (κ3) is 4.42. The van der Waals surface area contributed by atoms with Crippen LogP contribution in [0, 0.1) is 6.92 Å². The summed E-state index contributed by atoms with van der Waals surface area (Å²) in [6, 6.07) is 11.2. The molecule has 0 bridgehead atoms. The van der Waals surface area contributed by atoms with Crippen LogP contribution in [0.3, 0.4) is 0 Å². The van der Waals surface area contributed by atoms with E-state index in [-0.39, 0.29) is 0 Å². The molecule has 0 aliphatic heterocycles. The van der Waals surface area contributed by atoms with Gasteiger partial charge in [-0.1, -0.05) is 17.7 Å². The van der Waals surface area contributed by atoms with Gasteiger partial charge in [0.2, 0.25) is 9.84 Å². The van der Waals surface area contributed by atoms with Crippen molar-refractivity contribution in [2.45, 2.75) is 17.6 Å². The highest BCUT2D eigenvalue weighted by atomic mass is 32.2. The average molecular weight is 355 g/mol. The predicted octanol–water partition coefficient (Wildman–Crippen LogP) is 3.14. The molecule has 0 heterocycles. The van der Waals surface area contributed by atoms with E-state index in [1.165, 1.54) is 12.1 Å². The molecule has 0 spiro atoms. The Hall–Kier alpha value is -2.68. The molecule has 0 fully saturated rings. The Morgan fingerprint density at radius 2 is 1.50 bits per heavy atom. The first kappa shape index (κ1) is 17.7. The zero-order valence-electron chi connectivity index (χ0n) is 12.6. The van der Waals surface area contributed by atoms with Crippen molar-refractivity contribution < 1.29 is 22.0 Å². The number of hydrazine groups is 1. The number of urea groups is 1. The summed E-state index contributed by atoms with van der Waals surface area (Å²) in [5.74, 6) is -3.48. The molecule has 0 aliphatic carbocycles. The summed E-state index contributed by atoms with van der Waals surface area (Å²) in [6.07, 6.45) is 0. The lowest BCUT2D eigenvalue weighted by Gasteiger charge is -2.11. The summed E-state index contributed by atoms with van der Waals surface area (Å²) >= 11 is 0. The van der Waals surface area contributed by atoms with Crippen molar-refractivity contribution in [3.8, 4) is 0 Å². The third-order valence-corrected chi connectivity index (χ3v) is 4.45. The van der Waals surface area contributed by atoms with Crippen LogP contribution in [0.4, 0.5) is 25.0 Å². The van der Waals surface area contributed by atoms with E-state index in [1.54, 1.807) is 12.1 Å². The number of amides is 2. The predicted molar refractivity (Wildman–Crippen MR) is 86.6 cm³/mol. The van der Waals surface area contributed by atoms with Gasteiger partial charge in [0.15, 0.2) is 0 Å². The Kier molecular flexibility index (Phi) is 5.35. The minimum Gasteiger partial charge on any atom is -0.307 e. The first-order valence-electron chi connectivity index (χ1n) is 6.81. The average Bonchev–Trinajstić information content (AvgIpc) is 2.55. The molecule has 2 rings (SSSR count). The van der Waals surface area contributed by atoms with E-state index in [0.29, 0.717) is 11.4 Å². The van der Waals surface area contributed by atoms with Gasteiger partial charge >= 0.3 is 11.8 Å². The normalized spacial score (nSPS) is 11.2. The lowest BCUT2D eigenvalue weighted by Crippen LogP contribution is -2.33. The van der Waals surface area contributed by atoms with Crippen molar-refractivity contribution in [1.29, 1.82) is 0 Å². The lowest BCUT2D eigenvalue weighted by molar-refractivity contribution is 0.234. The van der Waals surface area contributed by atoms with E-state index < -0.39 is 26.5 Å². The van der Waals surface area contributed by atoms with Gasteiger partial charge in [0.05, 0.1) is 10.6 Å². The fourth-order valence-electron chi connectivity index (χ4n) is 1.76. The van der Waals surface area contributed by atoms with E-state index in [2.05, 4.69) is 16.2 Å². The van der Waals surface area contributed by atoms with Crippen LogP contribution in [0.25, 0.3) is 0 Å². The quantitative estimate of drug-likeness (QED) is 0.719. The minimum absolute atomic E-state index is 0.335. The highest BCUT2D eigenvalue weighted by Crippen LogP contribution is 2.19. The van der Waals surface area contributed by atoms with Crippen LogP contribution in [0.15, 0.2) is 53.4 Å². The zero-order chi connectivity index (χ0) is 17.7. The summed E-state index contributed by atoms with van der Waals surface area (Å²) < 4.78 is 47.4. The second-order valence-electron chi connectivity index (χ2n) is 4.90. The second kappa shape index (κ2) is 7.26. The molecule has 0 saturated heterocycles. The van der Waals surface area contributed by atoms with Crippen LogP contribution < -0.4 is 16.2 Å². The van der Waals surface area contributed by atoms with Gasteiger partial charge in [-0.05, 0) is 43.3 Å². The van der Waals surface area contributed by atoms with Crippen LogP contribution in [-0.4, -0.2) is 20.2 Å². The van der Waals surface area contributed by atoms with E-state index in [9.17, 15) is 22.0 Å². The van der Waals surface area contributed by atoms with Crippen molar-refractivity contribution in [2.75, 3.05) is 10.7 Å². The van der Waals surface area contributed by atoms with E-state index in [0.717, 1.165) is 17.7 Å². The highest BCUT2D eigenvalue weighted by Gasteiger charge is 2.26. The summed E-state index contributed by atoms with van der Waals surface area (Å²) in [5.41, 5.74) is 6.87. The molecule has 0 aromatic heterocycles. The van der Waals surface area contributed by atoms with Crippen LogP contribution in [-0.2, 0) is 9.84 Å². The molecule has 2 amide bonds. The number of aryl methyl sites for hydroxylation is 1. The van der Waals surface area contributed by atoms with Gasteiger partial charge < -0.3 is 5.32 Å². The summed E-state index contributed by atoms with van der Waals surface area (Å²) in [4.78, 5) is 11.2. The maximum atomic E-state index is 12.4. The molecule has 2 aromatic carbocycles. The summed E-state index contributed by atoms with van der Waals surface area (Å²) in [7, 11) is -4.63. The van der Waals surface area contributed by atoms with Crippen molar-refractivity contribution in [1.82, 2.24) is 5.43 Å². The molecule has 0 saturated carbocycles. The fraction of sp³-hybridized carbons (Fsp3) is 0.133. The monoisotopic (exact) mass is 355 g/mol. The summed E-state index contributed by atoms with van der Waals surface area (Å²) in [5, 5.41) is 2.58. The van der Waals surface area contributed by atoms with Crippen molar-refractivity contribution >= 4 is 27.2 Å². The second-order valence-corrected chi connectivity index (χ2v) is 6.82. The number of rotatable bonds is 5. The zero-order valence-corrected chi connectivity index (χ0v) is 13.4. The molecule has 0 aliphatic rings. The maximum Gasteiger partial charge on any atom is 0.341 e. The van der Waals surface area contributed by atoms with E-state index in [4.69, 9.17) is 0 Å². The van der Waals surface area contributed by atoms with Crippen LogP contribution in [0.5, 0.6) is 0 Å². The van der Waals surface area contributed by atoms with Gasteiger partial charge in [-0.2, -0.15) is 8.78 Å². The lowest BCUT2D eigenvalue weighted by atomic mass is 10.2. The molecule has 6 nitrogen and oxygen atoms in total. The Bertz CT molecular complexity index is 807. The molecule has 0 radical (unpaired) electrons. The SMILES string of the molecule is Cc1ccc(NC(=O)NNc2ccc(S(=O)(=O)C(F)F)cc2)cc1. The third-order valence-electron chi connectivity index (χ3n) is 3.05. The van der Waals surface area contributed by atoms with Crippen molar-refractivity contribution in [3.63, 3.8) is 0 Å². The first-order chi connectivity index (χ1) is 11.3. The molecule has 128 valence electrons. The molecule has 2 aromatic rings. The molecule has 9 heteroatoms. The van der Waals surface area contributed by atoms with Gasteiger partial charge in [0, 0.05) is 5.69 Å². The van der Waals surface area contributed by atoms with Crippen LogP contribution in [0.2, 0.25) is 0 Å². The Morgan fingerprint density at radius 3 is 2.04 bits per heavy atom. The number of anilines is 2. The van der Waals surface area contributed by atoms with Gasteiger partial charge in [-0.15, -0.1) is 0 Å². The number of hydrogen-bond donors (Lipinski definition) is 3. The maximum absolute atomic E-state index is 12.4. The molecule has 3 N–H and O–H groups in total. The topological polar surface area (TPSA) is 87.3 Å². The van der Waals surface area contributed by atoms with Crippen LogP contribution >= 0.6 is 0 Å². The molecule has 0 atom stereocenters. The fourth-order valence-corrected chi connectivity index (χ4v) is 2.48. The number of halogens is 2. The Morgan fingerprint density at radius 1 is 0.958 bits per heavy atom. The Balaban J connectivity index is 1.92. The first-order valence-corrected chi connectivity index (χ1v) is 8.35. The van der Waals surface area contributed by atoms with Crippen LogP contribution in [0.1, 0.15) is 5.56 Å². The largest absolute Gasteiger partial charge is 0.341 e. The van der Waals surface area contributed by atoms with Gasteiger partial charge in [0.1, 0.15) is 0 Å². The summed E-state index contributed by atoms with van der Waals surface area (Å²) in [6.45, 7) is 1.92. The van der Waals surface area contributed by atoms with Gasteiger partial charge in [-0.25, -0.2) is 13.2 Å². The molecule has 24 heavy (non-hydrogen) atoms. The van der Waals surface area contributed by atoms with E-state index in [1.807, 2.05) is 19.1 Å². The number of nitrogens with one attached hydrogen (secondary N) is 3. The molecular weight excluding hydrogens is 340 g/mol. The minimum atomic E-state index is -4.63. The smallest absolute Gasteiger partial charge is 0.307 e. The Labute approximate surface area is 137 Å². The number of sulfone groups is 1. The van der Waals surface area contributed by atoms with Crippen molar-refractivity contribution in [2.24, 2.45) is 0 Å². The van der Waals surface area contributed by atoms with Crippen molar-refractivity contribution in [3.05, 3.63) is 54.1 Å². The number of carbonyl (C=O) groups excluding carboxylic acids is 1. The standard InChI is InChI=1S/C15H15F2N3O3S/c1-10-2-4-11(5-3-10)18-15(21)20-19-12-6-8-13(9-7-12)24(22,23)14(16)17/h2-9,14,19H,1H3,(H2,18,20,21). The van der Waals surface area contributed by atoms with E-state index >= 15 is 0 Å². The highest BCUT2D eigenvalue weighted by molar-refractivity contribution is 7.91. The number of benzene rings is 2. The number of hydrogen-bond acceptors (Lipinski definition) is 4. The van der Waals surface area contributed by atoms with Gasteiger partial charge in [-0.3, -0.25) is 10.9 Å². The molecule has 0 unspecified atom stereocenters. The van der Waals surface area contributed by atoms with Gasteiger partial charge in [0.25, 0.3) is 0 Å². The number of alkyl halides is 2. The number of carbonyl (C=O) groups is 1.